The third kappa shape index (κ3) is 2.34. The molecule has 2 rings (SSSR count). The summed E-state index contributed by atoms with van der Waals surface area (Å²) in [5.41, 5.74) is 4.81. The van der Waals surface area contributed by atoms with Gasteiger partial charge < -0.3 is 10.3 Å². The van der Waals surface area contributed by atoms with Crippen LogP contribution < -0.4 is 16.2 Å². The SMILES string of the molecule is Cc1ccccc1N(C)c1cc(NN)ncn1. The molecule has 5 heteroatoms. The van der Waals surface area contributed by atoms with Gasteiger partial charge in [-0.3, -0.25) is 0 Å². The summed E-state index contributed by atoms with van der Waals surface area (Å²) in [6.45, 7) is 2.06. The second kappa shape index (κ2) is 4.80. The van der Waals surface area contributed by atoms with Crippen LogP contribution in [0.5, 0.6) is 0 Å². The van der Waals surface area contributed by atoms with Gasteiger partial charge in [-0.1, -0.05) is 18.2 Å². The van der Waals surface area contributed by atoms with E-state index in [2.05, 4.69) is 28.4 Å². The van der Waals surface area contributed by atoms with Gasteiger partial charge in [0.25, 0.3) is 0 Å². The first-order valence-electron chi connectivity index (χ1n) is 5.30. The molecule has 0 aliphatic carbocycles. The quantitative estimate of drug-likeness (QED) is 0.621. The van der Waals surface area contributed by atoms with Crippen molar-refractivity contribution in [2.24, 2.45) is 5.84 Å². The molecule has 5 nitrogen and oxygen atoms in total. The smallest absolute Gasteiger partial charge is 0.145 e. The third-order valence-electron chi connectivity index (χ3n) is 2.62. The first-order valence-corrected chi connectivity index (χ1v) is 5.30. The highest BCUT2D eigenvalue weighted by molar-refractivity contribution is 5.64. The van der Waals surface area contributed by atoms with Gasteiger partial charge in [0, 0.05) is 18.8 Å². The van der Waals surface area contributed by atoms with Crippen LogP contribution >= 0.6 is 0 Å². The minimum absolute atomic E-state index is 0.593. The zero-order valence-electron chi connectivity index (χ0n) is 9.88. The highest BCUT2D eigenvalue weighted by Crippen LogP contribution is 2.25. The first kappa shape index (κ1) is 11.3. The van der Waals surface area contributed by atoms with E-state index in [1.165, 1.54) is 11.9 Å². The molecule has 0 fully saturated rings. The summed E-state index contributed by atoms with van der Waals surface area (Å²) in [5, 5.41) is 0. The number of aromatic nitrogens is 2. The maximum atomic E-state index is 5.33. The van der Waals surface area contributed by atoms with E-state index in [1.807, 2.05) is 30.1 Å². The number of aryl methyl sites for hydroxylation is 1. The van der Waals surface area contributed by atoms with Crippen molar-refractivity contribution in [1.82, 2.24) is 9.97 Å². The van der Waals surface area contributed by atoms with Crippen LogP contribution in [0, 0.1) is 6.92 Å². The fourth-order valence-corrected chi connectivity index (χ4v) is 1.67. The molecular formula is C12H15N5. The molecule has 0 radical (unpaired) electrons. The maximum absolute atomic E-state index is 5.33. The zero-order chi connectivity index (χ0) is 12.3. The van der Waals surface area contributed by atoms with Crippen molar-refractivity contribution in [3.05, 3.63) is 42.2 Å². The number of nitrogen functional groups attached to an aromatic ring is 1. The summed E-state index contributed by atoms with van der Waals surface area (Å²) in [7, 11) is 1.96. The summed E-state index contributed by atoms with van der Waals surface area (Å²) in [5.74, 6) is 6.72. The Balaban J connectivity index is 2.37. The van der Waals surface area contributed by atoms with E-state index in [4.69, 9.17) is 5.84 Å². The van der Waals surface area contributed by atoms with Gasteiger partial charge in [0.2, 0.25) is 0 Å². The van der Waals surface area contributed by atoms with E-state index in [0.717, 1.165) is 11.5 Å². The number of hydrazine groups is 1. The van der Waals surface area contributed by atoms with Crippen LogP contribution in [-0.2, 0) is 0 Å². The Hall–Kier alpha value is -2.14. The minimum Gasteiger partial charge on any atom is -0.329 e. The van der Waals surface area contributed by atoms with Crippen molar-refractivity contribution in [2.75, 3.05) is 17.4 Å². The number of nitrogens with one attached hydrogen (secondary N) is 1. The molecule has 0 aliphatic rings. The number of anilines is 3. The summed E-state index contributed by atoms with van der Waals surface area (Å²) < 4.78 is 0. The van der Waals surface area contributed by atoms with Crippen LogP contribution in [0.25, 0.3) is 0 Å². The van der Waals surface area contributed by atoms with Crippen molar-refractivity contribution < 1.29 is 0 Å². The van der Waals surface area contributed by atoms with Crippen LogP contribution in [0.1, 0.15) is 5.56 Å². The van der Waals surface area contributed by atoms with E-state index >= 15 is 0 Å². The fraction of sp³-hybridized carbons (Fsp3) is 0.167. The Bertz CT molecular complexity index is 512. The molecule has 0 spiro atoms. The average Bonchev–Trinajstić information content (AvgIpc) is 2.38. The van der Waals surface area contributed by atoms with Gasteiger partial charge in [-0.15, -0.1) is 0 Å². The van der Waals surface area contributed by atoms with Crippen LogP contribution in [0.4, 0.5) is 17.3 Å². The van der Waals surface area contributed by atoms with Crippen LogP contribution in [0.3, 0.4) is 0 Å². The van der Waals surface area contributed by atoms with E-state index in [0.29, 0.717) is 5.82 Å². The minimum atomic E-state index is 0.593. The molecular weight excluding hydrogens is 214 g/mol. The molecule has 2 aromatic rings. The molecule has 0 saturated carbocycles. The molecule has 88 valence electrons. The summed E-state index contributed by atoms with van der Waals surface area (Å²) in [6, 6.07) is 9.93. The van der Waals surface area contributed by atoms with E-state index in [1.54, 1.807) is 6.07 Å². The molecule has 17 heavy (non-hydrogen) atoms. The van der Waals surface area contributed by atoms with Crippen molar-refractivity contribution in [3.63, 3.8) is 0 Å². The van der Waals surface area contributed by atoms with Gasteiger partial charge in [0.05, 0.1) is 0 Å². The number of hydrogen-bond acceptors (Lipinski definition) is 5. The first-order chi connectivity index (χ1) is 8.22. The summed E-state index contributed by atoms with van der Waals surface area (Å²) in [4.78, 5) is 10.2. The lowest BCUT2D eigenvalue weighted by Gasteiger charge is -2.20. The molecule has 1 aromatic heterocycles. The van der Waals surface area contributed by atoms with Crippen molar-refractivity contribution in [3.8, 4) is 0 Å². The Morgan fingerprint density at radius 1 is 1.24 bits per heavy atom. The van der Waals surface area contributed by atoms with Crippen molar-refractivity contribution in [1.29, 1.82) is 0 Å². The largest absolute Gasteiger partial charge is 0.329 e. The number of rotatable bonds is 3. The average molecular weight is 229 g/mol. The zero-order valence-corrected chi connectivity index (χ0v) is 9.88. The molecule has 0 aliphatic heterocycles. The maximum Gasteiger partial charge on any atom is 0.145 e. The third-order valence-corrected chi connectivity index (χ3v) is 2.62. The molecule has 0 amide bonds. The van der Waals surface area contributed by atoms with Crippen molar-refractivity contribution in [2.45, 2.75) is 6.92 Å². The number of hydrogen-bond donors (Lipinski definition) is 2. The molecule has 0 bridgehead atoms. The highest BCUT2D eigenvalue weighted by Gasteiger charge is 2.08. The number of benzene rings is 1. The Labute approximate surface area is 100 Å². The van der Waals surface area contributed by atoms with E-state index in [-0.39, 0.29) is 0 Å². The molecule has 3 N–H and O–H groups in total. The second-order valence-corrected chi connectivity index (χ2v) is 3.75. The predicted molar refractivity (Wildman–Crippen MR) is 69.1 cm³/mol. The van der Waals surface area contributed by atoms with Gasteiger partial charge >= 0.3 is 0 Å². The monoisotopic (exact) mass is 229 g/mol. The molecule has 0 unspecified atom stereocenters. The van der Waals surface area contributed by atoms with Gasteiger partial charge in [0.15, 0.2) is 0 Å². The lowest BCUT2D eigenvalue weighted by Crippen LogP contribution is -2.14. The highest BCUT2D eigenvalue weighted by atomic mass is 15.3. The van der Waals surface area contributed by atoms with E-state index in [9.17, 15) is 0 Å². The Morgan fingerprint density at radius 2 is 2.00 bits per heavy atom. The van der Waals surface area contributed by atoms with Crippen LogP contribution in [0.15, 0.2) is 36.7 Å². The molecule has 1 aromatic carbocycles. The number of nitrogens with two attached hydrogens (primary N) is 1. The van der Waals surface area contributed by atoms with E-state index < -0.39 is 0 Å². The lowest BCUT2D eigenvalue weighted by molar-refractivity contribution is 1.06. The van der Waals surface area contributed by atoms with Gasteiger partial charge in [-0.25, -0.2) is 15.8 Å². The standard InChI is InChI=1S/C12H15N5/c1-9-5-3-4-6-10(9)17(2)12-7-11(16-13)14-8-15-12/h3-8H,13H2,1-2H3,(H,14,15,16). The van der Waals surface area contributed by atoms with Gasteiger partial charge in [-0.05, 0) is 18.6 Å². The van der Waals surface area contributed by atoms with Gasteiger partial charge in [-0.2, -0.15) is 0 Å². The topological polar surface area (TPSA) is 67.1 Å². The summed E-state index contributed by atoms with van der Waals surface area (Å²) in [6.07, 6.45) is 1.49. The predicted octanol–water partition coefficient (Wildman–Crippen LogP) is 1.84. The molecule has 0 saturated heterocycles. The van der Waals surface area contributed by atoms with Gasteiger partial charge in [0.1, 0.15) is 18.0 Å². The Morgan fingerprint density at radius 3 is 2.71 bits per heavy atom. The number of para-hydroxylation sites is 1. The van der Waals surface area contributed by atoms with Crippen molar-refractivity contribution >= 4 is 17.3 Å². The number of nitrogens with zero attached hydrogens (tertiary/aromatic N) is 3. The molecule has 1 heterocycles. The van der Waals surface area contributed by atoms with Crippen LogP contribution in [0.2, 0.25) is 0 Å². The molecule has 0 atom stereocenters. The Kier molecular flexibility index (Phi) is 3.20. The fourth-order valence-electron chi connectivity index (χ4n) is 1.67. The second-order valence-electron chi connectivity index (χ2n) is 3.75. The van der Waals surface area contributed by atoms with Crippen LogP contribution in [-0.4, -0.2) is 17.0 Å². The summed E-state index contributed by atoms with van der Waals surface area (Å²) >= 11 is 0. The normalized spacial score (nSPS) is 10.1. The lowest BCUT2D eigenvalue weighted by atomic mass is 10.2.